The van der Waals surface area contributed by atoms with Gasteiger partial charge in [0.1, 0.15) is 17.7 Å². The molecule has 1 saturated heterocycles. The first-order chi connectivity index (χ1) is 17.2. The Kier molecular flexibility index (Phi) is 8.20. The molecule has 4 rings (SSSR count). The van der Waals surface area contributed by atoms with Crippen LogP contribution in [0.2, 0.25) is 0 Å². The number of ether oxygens (including phenoxy) is 1. The van der Waals surface area contributed by atoms with Crippen LogP contribution in [-0.4, -0.2) is 62.5 Å². The van der Waals surface area contributed by atoms with Crippen LogP contribution in [0.3, 0.4) is 0 Å². The zero-order valence-electron chi connectivity index (χ0n) is 20.2. The maximum Gasteiger partial charge on any atom is 0.324 e. The number of fused-ring (bicyclic) bond motifs is 1. The standard InChI is InChI=1S/C25H31FN4O5S/c1-2-35-25(32)22(29-36(33,34)21-11-7-19(26)8-12-21)14-23(31)30-15-17(16-30)5-9-20-10-6-18-4-3-13-27-24(18)28-20/h6-8,10-12,17,22,29H,2-5,9,13-16H2,1H3,(H,27,28)/t22-/m0/s1. The molecule has 2 aliphatic rings. The summed E-state index contributed by atoms with van der Waals surface area (Å²) in [6, 6.07) is 7.02. The van der Waals surface area contributed by atoms with Gasteiger partial charge in [-0.05, 0) is 74.4 Å². The van der Waals surface area contributed by atoms with Crippen LogP contribution in [0, 0.1) is 11.7 Å². The fraction of sp³-hybridized carbons (Fsp3) is 0.480. The molecule has 2 N–H and O–H groups in total. The van der Waals surface area contributed by atoms with E-state index in [-0.39, 0.29) is 23.8 Å². The maximum absolute atomic E-state index is 13.2. The van der Waals surface area contributed by atoms with E-state index in [0.29, 0.717) is 19.0 Å². The van der Waals surface area contributed by atoms with Crippen LogP contribution in [0.4, 0.5) is 10.2 Å². The summed E-state index contributed by atoms with van der Waals surface area (Å²) in [6.45, 7) is 3.67. The van der Waals surface area contributed by atoms with Gasteiger partial charge >= 0.3 is 5.97 Å². The number of rotatable bonds is 10. The number of benzene rings is 1. The molecule has 3 heterocycles. The number of hydrogen-bond donors (Lipinski definition) is 2. The highest BCUT2D eigenvalue weighted by atomic mass is 32.2. The van der Waals surface area contributed by atoms with Gasteiger partial charge in [0.2, 0.25) is 15.9 Å². The molecule has 11 heteroatoms. The summed E-state index contributed by atoms with van der Waals surface area (Å²) in [5, 5.41) is 3.34. The first-order valence-electron chi connectivity index (χ1n) is 12.2. The van der Waals surface area contributed by atoms with Gasteiger partial charge in [-0.1, -0.05) is 6.07 Å². The molecule has 0 bridgehead atoms. The third kappa shape index (κ3) is 6.38. The molecule has 1 aromatic heterocycles. The monoisotopic (exact) mass is 518 g/mol. The Morgan fingerprint density at radius 2 is 1.97 bits per heavy atom. The number of anilines is 1. The highest BCUT2D eigenvalue weighted by Gasteiger charge is 2.35. The van der Waals surface area contributed by atoms with Gasteiger partial charge in [0.05, 0.1) is 17.9 Å². The number of nitrogens with one attached hydrogen (secondary N) is 2. The van der Waals surface area contributed by atoms with E-state index in [1.165, 1.54) is 5.56 Å². The Hall–Kier alpha value is -3.05. The van der Waals surface area contributed by atoms with E-state index in [4.69, 9.17) is 9.72 Å². The van der Waals surface area contributed by atoms with Gasteiger partial charge < -0.3 is 15.0 Å². The van der Waals surface area contributed by atoms with Crippen molar-refractivity contribution in [1.82, 2.24) is 14.6 Å². The molecular formula is C25H31FN4O5S. The van der Waals surface area contributed by atoms with E-state index in [0.717, 1.165) is 68.0 Å². The molecule has 1 aromatic carbocycles. The Labute approximate surface area is 210 Å². The minimum atomic E-state index is -4.16. The summed E-state index contributed by atoms with van der Waals surface area (Å²) >= 11 is 0. The van der Waals surface area contributed by atoms with E-state index in [2.05, 4.69) is 22.2 Å². The lowest BCUT2D eigenvalue weighted by atomic mass is 9.93. The van der Waals surface area contributed by atoms with Gasteiger partial charge in [-0.15, -0.1) is 0 Å². The SMILES string of the molecule is CCOC(=O)[C@H](CC(=O)N1CC(CCc2ccc3c(n2)NCCC3)C1)NS(=O)(=O)c1ccc(F)cc1. The average molecular weight is 519 g/mol. The highest BCUT2D eigenvalue weighted by molar-refractivity contribution is 7.89. The van der Waals surface area contributed by atoms with E-state index in [1.807, 2.05) is 0 Å². The van der Waals surface area contributed by atoms with Crippen molar-refractivity contribution in [3.05, 3.63) is 53.5 Å². The number of nitrogens with zero attached hydrogens (tertiary/aromatic N) is 2. The summed E-state index contributed by atoms with van der Waals surface area (Å²) in [6.07, 6.45) is 3.50. The molecule has 2 aromatic rings. The molecular weight excluding hydrogens is 487 g/mol. The fourth-order valence-corrected chi connectivity index (χ4v) is 5.59. The zero-order valence-corrected chi connectivity index (χ0v) is 21.0. The lowest BCUT2D eigenvalue weighted by molar-refractivity contribution is -0.149. The van der Waals surface area contributed by atoms with Crippen molar-refractivity contribution in [2.24, 2.45) is 5.92 Å². The third-order valence-corrected chi connectivity index (χ3v) is 7.93. The first kappa shape index (κ1) is 26.0. The van der Waals surface area contributed by atoms with Crippen molar-refractivity contribution < 1.29 is 27.1 Å². The number of aromatic nitrogens is 1. The number of sulfonamides is 1. The zero-order chi connectivity index (χ0) is 25.7. The Balaban J connectivity index is 1.30. The summed E-state index contributed by atoms with van der Waals surface area (Å²) in [5.74, 6) is -0.464. The molecule has 1 amide bonds. The van der Waals surface area contributed by atoms with Crippen molar-refractivity contribution >= 4 is 27.7 Å². The molecule has 0 spiro atoms. The summed E-state index contributed by atoms with van der Waals surface area (Å²) < 4.78 is 45.8. The molecule has 0 saturated carbocycles. The van der Waals surface area contributed by atoms with E-state index < -0.39 is 27.9 Å². The average Bonchev–Trinajstić information content (AvgIpc) is 2.83. The van der Waals surface area contributed by atoms with Crippen LogP contribution in [0.15, 0.2) is 41.3 Å². The topological polar surface area (TPSA) is 118 Å². The van der Waals surface area contributed by atoms with Gasteiger partial charge in [0.25, 0.3) is 0 Å². The minimum Gasteiger partial charge on any atom is -0.465 e. The number of aryl methyl sites for hydroxylation is 2. The van der Waals surface area contributed by atoms with Crippen molar-refractivity contribution in [2.75, 3.05) is 31.6 Å². The molecule has 2 aliphatic heterocycles. The smallest absolute Gasteiger partial charge is 0.324 e. The lowest BCUT2D eigenvalue weighted by Crippen LogP contribution is -2.53. The summed E-state index contributed by atoms with van der Waals surface area (Å²) in [7, 11) is -4.16. The van der Waals surface area contributed by atoms with Crippen molar-refractivity contribution in [3.63, 3.8) is 0 Å². The number of pyridine rings is 1. The number of likely N-dealkylation sites (tertiary alicyclic amines) is 1. The second-order valence-corrected chi connectivity index (χ2v) is 10.8. The van der Waals surface area contributed by atoms with Crippen LogP contribution >= 0.6 is 0 Å². The molecule has 1 atom stereocenters. The maximum atomic E-state index is 13.2. The van der Waals surface area contributed by atoms with E-state index >= 15 is 0 Å². The number of carbonyl (C=O) groups excluding carboxylic acids is 2. The van der Waals surface area contributed by atoms with Gasteiger partial charge in [0.15, 0.2) is 0 Å². The molecule has 0 aliphatic carbocycles. The largest absolute Gasteiger partial charge is 0.465 e. The highest BCUT2D eigenvalue weighted by Crippen LogP contribution is 2.24. The Morgan fingerprint density at radius 1 is 1.22 bits per heavy atom. The van der Waals surface area contributed by atoms with Crippen LogP contribution in [0.1, 0.15) is 37.4 Å². The van der Waals surface area contributed by atoms with Crippen LogP contribution < -0.4 is 10.0 Å². The second kappa shape index (κ2) is 11.3. The normalized spacial score (nSPS) is 16.4. The quantitative estimate of drug-likeness (QED) is 0.464. The van der Waals surface area contributed by atoms with Gasteiger partial charge in [-0.3, -0.25) is 9.59 Å². The number of carbonyl (C=O) groups is 2. The van der Waals surface area contributed by atoms with Crippen molar-refractivity contribution in [2.45, 2.75) is 50.0 Å². The predicted octanol–water partition coefficient (Wildman–Crippen LogP) is 2.27. The third-order valence-electron chi connectivity index (χ3n) is 6.44. The molecule has 0 radical (unpaired) electrons. The number of hydrogen-bond acceptors (Lipinski definition) is 7. The van der Waals surface area contributed by atoms with Crippen LogP contribution in [0.25, 0.3) is 0 Å². The summed E-state index contributed by atoms with van der Waals surface area (Å²) in [4.78, 5) is 31.3. The Morgan fingerprint density at radius 3 is 2.69 bits per heavy atom. The molecule has 9 nitrogen and oxygen atoms in total. The van der Waals surface area contributed by atoms with E-state index in [1.54, 1.807) is 11.8 Å². The van der Waals surface area contributed by atoms with Gasteiger partial charge in [0, 0.05) is 25.3 Å². The number of halogens is 1. The first-order valence-corrected chi connectivity index (χ1v) is 13.7. The Bertz CT molecular complexity index is 1200. The van der Waals surface area contributed by atoms with Gasteiger partial charge in [-0.25, -0.2) is 17.8 Å². The lowest BCUT2D eigenvalue weighted by Gasteiger charge is -2.40. The fourth-order valence-electron chi connectivity index (χ4n) is 4.40. The molecule has 194 valence electrons. The second-order valence-electron chi connectivity index (χ2n) is 9.13. The number of amides is 1. The van der Waals surface area contributed by atoms with Crippen LogP contribution in [0.5, 0.6) is 0 Å². The molecule has 36 heavy (non-hydrogen) atoms. The van der Waals surface area contributed by atoms with E-state index in [9.17, 15) is 22.4 Å². The summed E-state index contributed by atoms with van der Waals surface area (Å²) in [5.41, 5.74) is 2.27. The number of esters is 1. The molecule has 1 fully saturated rings. The molecule has 0 unspecified atom stereocenters. The minimum absolute atomic E-state index is 0.0415. The van der Waals surface area contributed by atoms with Gasteiger partial charge in [-0.2, -0.15) is 4.72 Å². The van der Waals surface area contributed by atoms with Crippen molar-refractivity contribution in [1.29, 1.82) is 0 Å². The predicted molar refractivity (Wildman–Crippen MR) is 131 cm³/mol. The van der Waals surface area contributed by atoms with Crippen molar-refractivity contribution in [3.8, 4) is 0 Å². The van der Waals surface area contributed by atoms with Crippen LogP contribution in [-0.2, 0) is 37.2 Å².